The van der Waals surface area contributed by atoms with Crippen LogP contribution in [0.25, 0.3) is 0 Å². The number of aliphatic hydroxyl groups is 2. The monoisotopic (exact) mass is 644 g/mol. The number of ether oxygens (including phenoxy) is 3. The highest BCUT2D eigenvalue weighted by atomic mass is 32.1. The number of aliphatic hydroxyl groups excluding tert-OH is 2. The largest absolute Gasteiger partial charge is 0.479 e. The van der Waals surface area contributed by atoms with Crippen LogP contribution in [-0.2, 0) is 14.2 Å². The molecule has 4 atom stereocenters. The van der Waals surface area contributed by atoms with E-state index in [1.54, 1.807) is 0 Å². The summed E-state index contributed by atoms with van der Waals surface area (Å²) in [7, 11) is 0. The average Bonchev–Trinajstić information content (AvgIpc) is 3.36. The molecule has 0 amide bonds. The summed E-state index contributed by atoms with van der Waals surface area (Å²) < 4.78 is 17.5. The van der Waals surface area contributed by atoms with Crippen LogP contribution in [0.5, 0.6) is 0 Å². The molecule has 1 heterocycles. The van der Waals surface area contributed by atoms with Crippen LogP contribution in [0, 0.1) is 0 Å². The number of unbranched alkanes of at least 4 members (excludes halogenated alkanes) is 22. The molecular formula is C36H68O5S2. The molecule has 43 heavy (non-hydrogen) atoms. The Bertz CT molecular complexity index is 662. The molecule has 5 nitrogen and oxygen atoms in total. The lowest BCUT2D eigenvalue weighted by Crippen LogP contribution is -2.43. The Balaban J connectivity index is 2.08. The van der Waals surface area contributed by atoms with E-state index in [1.807, 2.05) is 0 Å². The number of thiocarbonyl (C=S) groups is 2. The van der Waals surface area contributed by atoms with E-state index in [9.17, 15) is 10.2 Å². The SMILES string of the molecule is CCCCCCCCCCCCCCC(=S)O[C@@H](CO)[C@H]1OC[C@@H](OC(=S)CCCCCCCCCCCCCC)[C@H]1O. The minimum Gasteiger partial charge on any atom is -0.479 e. The Labute approximate surface area is 276 Å². The van der Waals surface area contributed by atoms with Crippen molar-refractivity contribution in [2.75, 3.05) is 13.2 Å². The Morgan fingerprint density at radius 3 is 1.40 bits per heavy atom. The van der Waals surface area contributed by atoms with Crippen molar-refractivity contribution in [1.82, 2.24) is 0 Å². The summed E-state index contributed by atoms with van der Waals surface area (Å²) in [5.74, 6) is 0. The van der Waals surface area contributed by atoms with Crippen molar-refractivity contribution in [2.45, 2.75) is 205 Å². The topological polar surface area (TPSA) is 68.2 Å². The van der Waals surface area contributed by atoms with Crippen LogP contribution in [0.15, 0.2) is 0 Å². The summed E-state index contributed by atoms with van der Waals surface area (Å²) in [6, 6.07) is 0. The van der Waals surface area contributed by atoms with Gasteiger partial charge in [-0.15, -0.1) is 0 Å². The van der Waals surface area contributed by atoms with Gasteiger partial charge in [-0.2, -0.15) is 0 Å². The Morgan fingerprint density at radius 1 is 0.628 bits per heavy atom. The third-order valence-electron chi connectivity index (χ3n) is 8.75. The maximum atomic E-state index is 10.8. The lowest BCUT2D eigenvalue weighted by molar-refractivity contribution is -0.0615. The molecule has 0 unspecified atom stereocenters. The van der Waals surface area contributed by atoms with Gasteiger partial charge >= 0.3 is 0 Å². The second-order valence-corrected chi connectivity index (χ2v) is 13.7. The predicted molar refractivity (Wildman–Crippen MR) is 189 cm³/mol. The van der Waals surface area contributed by atoms with Crippen LogP contribution in [0.3, 0.4) is 0 Å². The second kappa shape index (κ2) is 29.1. The third-order valence-corrected chi connectivity index (χ3v) is 9.35. The summed E-state index contributed by atoms with van der Waals surface area (Å²) in [5, 5.41) is 21.8. The standard InChI is InChI=1S/C36H68O5S2/c1-3-5-7-9-11-13-15-17-19-21-23-25-27-33(42)40-31(29-37)36-35(38)32(30-39-36)41-34(43)28-26-24-22-20-18-16-14-12-10-8-6-4-2/h31-32,35-38H,3-30H2,1-2H3/t31-,32+,35+,36+/m0/s1. The molecule has 0 bridgehead atoms. The van der Waals surface area contributed by atoms with Gasteiger partial charge in [0.25, 0.3) is 0 Å². The predicted octanol–water partition coefficient (Wildman–Crippen LogP) is 10.3. The summed E-state index contributed by atoms with van der Waals surface area (Å²) >= 11 is 10.9. The molecule has 2 N–H and O–H groups in total. The summed E-state index contributed by atoms with van der Waals surface area (Å²) in [6.07, 6.45) is 29.8. The van der Waals surface area contributed by atoms with Crippen molar-refractivity contribution in [3.05, 3.63) is 0 Å². The zero-order chi connectivity index (χ0) is 31.4. The molecular weight excluding hydrogens is 577 g/mol. The van der Waals surface area contributed by atoms with Crippen LogP contribution in [0.2, 0.25) is 0 Å². The van der Waals surface area contributed by atoms with E-state index in [1.165, 1.54) is 128 Å². The fraction of sp³-hybridized carbons (Fsp3) is 0.944. The molecule has 1 fully saturated rings. The molecule has 1 aliphatic heterocycles. The van der Waals surface area contributed by atoms with Crippen molar-refractivity contribution in [1.29, 1.82) is 0 Å². The minimum absolute atomic E-state index is 0.232. The second-order valence-electron chi connectivity index (χ2n) is 12.8. The summed E-state index contributed by atoms with van der Waals surface area (Å²) in [4.78, 5) is 0. The molecule has 0 aliphatic carbocycles. The van der Waals surface area contributed by atoms with Crippen molar-refractivity contribution >= 4 is 34.5 Å². The highest BCUT2D eigenvalue weighted by molar-refractivity contribution is 7.80. The molecule has 0 aromatic heterocycles. The van der Waals surface area contributed by atoms with Gasteiger partial charge in [0, 0.05) is 12.8 Å². The Kier molecular flexibility index (Phi) is 27.5. The van der Waals surface area contributed by atoms with E-state index in [4.69, 9.17) is 38.6 Å². The van der Waals surface area contributed by atoms with E-state index in [0.717, 1.165) is 32.1 Å². The molecule has 1 rings (SSSR count). The van der Waals surface area contributed by atoms with Gasteiger partial charge in [-0.3, -0.25) is 0 Å². The zero-order valence-electron chi connectivity index (χ0n) is 28.0. The maximum absolute atomic E-state index is 10.8. The first-order valence-electron chi connectivity index (χ1n) is 18.3. The fourth-order valence-electron chi connectivity index (χ4n) is 5.93. The van der Waals surface area contributed by atoms with Gasteiger partial charge in [-0.1, -0.05) is 155 Å². The van der Waals surface area contributed by atoms with E-state index >= 15 is 0 Å². The van der Waals surface area contributed by atoms with Gasteiger partial charge in [0.15, 0.2) is 22.3 Å². The lowest BCUT2D eigenvalue weighted by atomic mass is 10.0. The van der Waals surface area contributed by atoms with Crippen LogP contribution in [-0.4, -0.2) is 57.9 Å². The molecule has 1 saturated heterocycles. The molecule has 0 radical (unpaired) electrons. The zero-order valence-corrected chi connectivity index (χ0v) is 29.7. The van der Waals surface area contributed by atoms with Crippen molar-refractivity contribution in [3.8, 4) is 0 Å². The van der Waals surface area contributed by atoms with Gasteiger partial charge in [-0.25, -0.2) is 0 Å². The summed E-state index contributed by atoms with van der Waals surface area (Å²) in [5.41, 5.74) is 0. The molecule has 254 valence electrons. The minimum atomic E-state index is -0.911. The molecule has 7 heteroatoms. The lowest BCUT2D eigenvalue weighted by Gasteiger charge is -2.26. The van der Waals surface area contributed by atoms with Crippen molar-refractivity contribution in [2.24, 2.45) is 0 Å². The number of hydrogen-bond acceptors (Lipinski definition) is 7. The highest BCUT2D eigenvalue weighted by Gasteiger charge is 2.43. The van der Waals surface area contributed by atoms with Crippen LogP contribution in [0.4, 0.5) is 0 Å². The first kappa shape index (κ1) is 40.7. The van der Waals surface area contributed by atoms with Crippen molar-refractivity contribution in [3.63, 3.8) is 0 Å². The van der Waals surface area contributed by atoms with Gasteiger partial charge in [0.1, 0.15) is 12.2 Å². The van der Waals surface area contributed by atoms with E-state index < -0.39 is 24.4 Å². The molecule has 0 aromatic rings. The van der Waals surface area contributed by atoms with Gasteiger partial charge < -0.3 is 24.4 Å². The van der Waals surface area contributed by atoms with Crippen LogP contribution >= 0.6 is 24.4 Å². The molecule has 1 aliphatic rings. The molecule has 0 spiro atoms. The van der Waals surface area contributed by atoms with Crippen LogP contribution in [0.1, 0.15) is 181 Å². The summed E-state index contributed by atoms with van der Waals surface area (Å²) in [6.45, 7) is 4.50. The Hall–Kier alpha value is -0.340. The highest BCUT2D eigenvalue weighted by Crippen LogP contribution is 2.24. The quantitative estimate of drug-likeness (QED) is 0.0596. The third kappa shape index (κ3) is 21.9. The first-order chi connectivity index (χ1) is 21.0. The van der Waals surface area contributed by atoms with Crippen LogP contribution < -0.4 is 0 Å². The molecule has 0 saturated carbocycles. The van der Waals surface area contributed by atoms with Crippen molar-refractivity contribution < 1.29 is 24.4 Å². The molecule has 0 aromatic carbocycles. The van der Waals surface area contributed by atoms with Gasteiger partial charge in [0.2, 0.25) is 0 Å². The fourth-order valence-corrected chi connectivity index (χ4v) is 6.47. The van der Waals surface area contributed by atoms with E-state index in [-0.39, 0.29) is 13.2 Å². The normalized spacial score (nSPS) is 19.0. The van der Waals surface area contributed by atoms with E-state index in [2.05, 4.69) is 13.8 Å². The number of rotatable bonds is 30. The van der Waals surface area contributed by atoms with E-state index in [0.29, 0.717) is 16.5 Å². The number of hydrogen-bond donors (Lipinski definition) is 2. The average molecular weight is 645 g/mol. The Morgan fingerprint density at radius 2 is 1.00 bits per heavy atom. The maximum Gasteiger partial charge on any atom is 0.160 e. The smallest absolute Gasteiger partial charge is 0.160 e. The van der Waals surface area contributed by atoms with Gasteiger partial charge in [0.05, 0.1) is 13.2 Å². The van der Waals surface area contributed by atoms with Gasteiger partial charge in [-0.05, 0) is 37.3 Å². The first-order valence-corrected chi connectivity index (χ1v) is 19.1.